The Kier molecular flexibility index (Phi) is 6.03. The lowest BCUT2D eigenvalue weighted by Crippen LogP contribution is -2.32. The van der Waals surface area contributed by atoms with Crippen LogP contribution < -0.4 is 14.8 Å². The van der Waals surface area contributed by atoms with Gasteiger partial charge in [-0.3, -0.25) is 14.2 Å². The minimum Gasteiger partial charge on any atom is -0.497 e. The van der Waals surface area contributed by atoms with Crippen LogP contribution in [0, 0.1) is 0 Å². The van der Waals surface area contributed by atoms with Crippen LogP contribution >= 0.6 is 11.3 Å². The normalized spacial score (nSPS) is 11.8. The number of aryl methyl sites for hydroxylation is 1. The first-order chi connectivity index (χ1) is 15.1. The molecule has 9 heteroatoms. The first-order valence-corrected chi connectivity index (χ1v) is 10.6. The molecule has 1 N–H and O–H groups in total. The molecule has 1 atom stereocenters. The van der Waals surface area contributed by atoms with Crippen LogP contribution in [0.5, 0.6) is 11.5 Å². The number of hydrogen-bond donors (Lipinski definition) is 1. The summed E-state index contributed by atoms with van der Waals surface area (Å²) in [4.78, 5) is 14.1. The Morgan fingerprint density at radius 2 is 2.06 bits per heavy atom. The van der Waals surface area contributed by atoms with E-state index in [2.05, 4.69) is 15.5 Å². The van der Waals surface area contributed by atoms with E-state index in [-0.39, 0.29) is 11.9 Å². The summed E-state index contributed by atoms with van der Waals surface area (Å²) in [5.41, 5.74) is 1.83. The largest absolute Gasteiger partial charge is 0.497 e. The second-order valence-electron chi connectivity index (χ2n) is 6.83. The average Bonchev–Trinajstić information content (AvgIpc) is 3.56. The topological polar surface area (TPSA) is 83.2 Å². The van der Waals surface area contributed by atoms with Gasteiger partial charge in [0.25, 0.3) is 5.91 Å². The molecule has 0 radical (unpaired) electrons. The van der Waals surface area contributed by atoms with Crippen LogP contribution in [0.2, 0.25) is 0 Å². The quantitative estimate of drug-likeness (QED) is 0.457. The SMILES string of the molecule is COc1ccc(OC)c(-c2cc(C(=O)NC[C@H](c3cccs3)n3cccn3)n(C)n2)c1. The van der Waals surface area contributed by atoms with E-state index in [1.165, 1.54) is 0 Å². The molecule has 8 nitrogen and oxygen atoms in total. The zero-order chi connectivity index (χ0) is 21.8. The molecule has 0 saturated carbocycles. The van der Waals surface area contributed by atoms with E-state index in [0.29, 0.717) is 29.4 Å². The summed E-state index contributed by atoms with van der Waals surface area (Å²) in [5, 5.41) is 13.9. The summed E-state index contributed by atoms with van der Waals surface area (Å²) in [5.74, 6) is 1.13. The highest BCUT2D eigenvalue weighted by Crippen LogP contribution is 2.33. The van der Waals surface area contributed by atoms with Crippen LogP contribution in [0.1, 0.15) is 21.4 Å². The molecule has 0 aliphatic heterocycles. The number of nitrogens with one attached hydrogen (secondary N) is 1. The monoisotopic (exact) mass is 437 g/mol. The lowest BCUT2D eigenvalue weighted by atomic mass is 10.1. The van der Waals surface area contributed by atoms with Gasteiger partial charge in [-0.05, 0) is 41.8 Å². The molecule has 4 aromatic rings. The molecule has 0 fully saturated rings. The molecule has 0 spiro atoms. The Morgan fingerprint density at radius 1 is 1.19 bits per heavy atom. The van der Waals surface area contributed by atoms with Crippen molar-refractivity contribution in [2.75, 3.05) is 20.8 Å². The fraction of sp³-hybridized carbons (Fsp3) is 0.227. The Bertz CT molecular complexity index is 1120. The molecule has 1 amide bonds. The van der Waals surface area contributed by atoms with Crippen molar-refractivity contribution in [1.29, 1.82) is 0 Å². The summed E-state index contributed by atoms with van der Waals surface area (Å²) in [6.07, 6.45) is 3.63. The van der Waals surface area contributed by atoms with Crippen molar-refractivity contribution < 1.29 is 14.3 Å². The molecule has 3 aromatic heterocycles. The van der Waals surface area contributed by atoms with Gasteiger partial charge in [0.1, 0.15) is 23.2 Å². The van der Waals surface area contributed by atoms with Gasteiger partial charge in [0.05, 0.1) is 19.9 Å². The van der Waals surface area contributed by atoms with Gasteiger partial charge >= 0.3 is 0 Å². The summed E-state index contributed by atoms with van der Waals surface area (Å²) in [6, 6.07) is 13.1. The third-order valence-corrected chi connectivity index (χ3v) is 5.94. The number of nitrogens with zero attached hydrogens (tertiary/aromatic N) is 4. The van der Waals surface area contributed by atoms with Crippen LogP contribution in [0.25, 0.3) is 11.3 Å². The highest BCUT2D eigenvalue weighted by atomic mass is 32.1. The lowest BCUT2D eigenvalue weighted by molar-refractivity contribution is 0.0940. The molecule has 1 aromatic carbocycles. The van der Waals surface area contributed by atoms with E-state index in [9.17, 15) is 4.79 Å². The van der Waals surface area contributed by atoms with Gasteiger partial charge in [-0.2, -0.15) is 10.2 Å². The second-order valence-corrected chi connectivity index (χ2v) is 7.81. The lowest BCUT2D eigenvalue weighted by Gasteiger charge is -2.17. The van der Waals surface area contributed by atoms with E-state index < -0.39 is 0 Å². The Morgan fingerprint density at radius 3 is 2.74 bits per heavy atom. The smallest absolute Gasteiger partial charge is 0.269 e. The Labute approximate surface area is 184 Å². The second kappa shape index (κ2) is 9.05. The molecule has 0 unspecified atom stereocenters. The number of thiophene rings is 1. The molecule has 4 rings (SSSR count). The maximum atomic E-state index is 13.0. The standard InChI is InChI=1S/C22H23N5O3S/c1-26-18(13-17(25-26)16-12-15(29-2)7-8-20(16)30-3)22(28)23-14-19(21-6-4-11-31-21)27-10-5-9-24-27/h4-13,19H,14H2,1-3H3,(H,23,28)/t19-/m1/s1. The van der Waals surface area contributed by atoms with Gasteiger partial charge in [-0.25, -0.2) is 0 Å². The average molecular weight is 438 g/mol. The number of benzene rings is 1. The number of rotatable bonds is 8. The van der Waals surface area contributed by atoms with Gasteiger partial charge in [-0.1, -0.05) is 6.07 Å². The predicted octanol–water partition coefficient (Wildman–Crippen LogP) is 3.38. The van der Waals surface area contributed by atoms with Crippen LogP contribution in [-0.4, -0.2) is 46.2 Å². The highest BCUT2D eigenvalue weighted by molar-refractivity contribution is 7.10. The maximum Gasteiger partial charge on any atom is 0.269 e. The fourth-order valence-corrected chi connectivity index (χ4v) is 4.20. The van der Waals surface area contributed by atoms with Gasteiger partial charge in [-0.15, -0.1) is 11.3 Å². The summed E-state index contributed by atoms with van der Waals surface area (Å²) in [7, 11) is 4.95. The molecule has 0 aliphatic rings. The number of methoxy groups -OCH3 is 2. The zero-order valence-electron chi connectivity index (χ0n) is 17.5. The van der Waals surface area contributed by atoms with Crippen LogP contribution in [0.15, 0.2) is 60.2 Å². The molecule has 0 bridgehead atoms. The van der Waals surface area contributed by atoms with Crippen LogP contribution in [-0.2, 0) is 7.05 Å². The van der Waals surface area contributed by atoms with E-state index in [1.807, 2.05) is 52.7 Å². The maximum absolute atomic E-state index is 13.0. The third kappa shape index (κ3) is 4.31. The van der Waals surface area contributed by atoms with Crippen molar-refractivity contribution in [3.63, 3.8) is 0 Å². The number of hydrogen-bond acceptors (Lipinski definition) is 6. The Balaban J connectivity index is 1.56. The number of carbonyl (C=O) groups is 1. The molecule has 3 heterocycles. The van der Waals surface area contributed by atoms with Crippen molar-refractivity contribution in [3.8, 4) is 22.8 Å². The van der Waals surface area contributed by atoms with Gasteiger partial charge in [0.2, 0.25) is 0 Å². The van der Waals surface area contributed by atoms with Crippen molar-refractivity contribution in [1.82, 2.24) is 24.9 Å². The van der Waals surface area contributed by atoms with Crippen molar-refractivity contribution >= 4 is 17.2 Å². The molecule has 0 aliphatic carbocycles. The van der Waals surface area contributed by atoms with Crippen LogP contribution in [0.3, 0.4) is 0 Å². The Hall–Kier alpha value is -3.59. The third-order valence-electron chi connectivity index (χ3n) is 4.97. The van der Waals surface area contributed by atoms with E-state index in [4.69, 9.17) is 9.47 Å². The van der Waals surface area contributed by atoms with E-state index >= 15 is 0 Å². The minimum atomic E-state index is -0.211. The summed E-state index contributed by atoms with van der Waals surface area (Å²) < 4.78 is 14.2. The number of ether oxygens (including phenoxy) is 2. The first-order valence-electron chi connectivity index (χ1n) is 9.68. The number of amides is 1. The van der Waals surface area contributed by atoms with E-state index in [1.54, 1.807) is 49.5 Å². The van der Waals surface area contributed by atoms with Crippen LogP contribution in [0.4, 0.5) is 0 Å². The van der Waals surface area contributed by atoms with E-state index in [0.717, 1.165) is 10.4 Å². The van der Waals surface area contributed by atoms with Crippen molar-refractivity contribution in [3.05, 3.63) is 70.8 Å². The predicted molar refractivity (Wildman–Crippen MR) is 119 cm³/mol. The van der Waals surface area contributed by atoms with Gasteiger partial charge < -0.3 is 14.8 Å². The molecular weight excluding hydrogens is 414 g/mol. The zero-order valence-corrected chi connectivity index (χ0v) is 18.3. The summed E-state index contributed by atoms with van der Waals surface area (Å²) >= 11 is 1.63. The molecule has 0 saturated heterocycles. The van der Waals surface area contributed by atoms with Gasteiger partial charge in [0, 0.05) is 36.4 Å². The molecular formula is C22H23N5O3S. The highest BCUT2D eigenvalue weighted by Gasteiger charge is 2.20. The number of carbonyl (C=O) groups excluding carboxylic acids is 1. The van der Waals surface area contributed by atoms with Gasteiger partial charge in [0.15, 0.2) is 0 Å². The first kappa shape index (κ1) is 20.7. The minimum absolute atomic E-state index is 0.0786. The van der Waals surface area contributed by atoms with Crippen molar-refractivity contribution in [2.45, 2.75) is 6.04 Å². The molecule has 160 valence electrons. The van der Waals surface area contributed by atoms with Crippen molar-refractivity contribution in [2.24, 2.45) is 7.05 Å². The summed E-state index contributed by atoms with van der Waals surface area (Å²) in [6.45, 7) is 0.407. The fourth-order valence-electron chi connectivity index (χ4n) is 3.38. The molecule has 31 heavy (non-hydrogen) atoms. The number of aromatic nitrogens is 4.